The Bertz CT molecular complexity index is 475. The van der Waals surface area contributed by atoms with Gasteiger partial charge in [0, 0.05) is 43.7 Å². The molecule has 0 aliphatic carbocycles. The molecule has 5 nitrogen and oxygen atoms in total. The Morgan fingerprint density at radius 2 is 2.00 bits per heavy atom. The van der Waals surface area contributed by atoms with Crippen LogP contribution >= 0.6 is 35.3 Å². The van der Waals surface area contributed by atoms with Gasteiger partial charge in [0.1, 0.15) is 0 Å². The lowest BCUT2D eigenvalue weighted by Crippen LogP contribution is -2.39. The van der Waals surface area contributed by atoms with Crippen LogP contribution in [0.1, 0.15) is 49.9 Å². The van der Waals surface area contributed by atoms with E-state index in [9.17, 15) is 5.11 Å². The van der Waals surface area contributed by atoms with Crippen molar-refractivity contribution in [2.45, 2.75) is 53.4 Å². The summed E-state index contributed by atoms with van der Waals surface area (Å²) in [5, 5.41) is 17.2. The highest BCUT2D eigenvalue weighted by molar-refractivity contribution is 14.0. The summed E-state index contributed by atoms with van der Waals surface area (Å²) in [5.41, 5.74) is 0.101. The molecular weight excluding hydrogens is 435 g/mol. The standard InChI is InChI=1S/C17H32N4OS.HI/c1-5-17(6-2,9-11-22)13-21-16(18-7-3)19-10-8-15-20-12-14(4)23-15;/h12,22H,5-11,13H2,1-4H3,(H2,18,19,21);1H. The molecule has 0 atom stereocenters. The zero-order chi connectivity index (χ0) is 17.1. The van der Waals surface area contributed by atoms with Crippen LogP contribution in [0.5, 0.6) is 0 Å². The van der Waals surface area contributed by atoms with Crippen LogP contribution in [0, 0.1) is 12.3 Å². The van der Waals surface area contributed by atoms with E-state index in [1.165, 1.54) is 4.88 Å². The average Bonchev–Trinajstić information content (AvgIpc) is 2.96. The van der Waals surface area contributed by atoms with Crippen molar-refractivity contribution in [1.29, 1.82) is 0 Å². The lowest BCUT2D eigenvalue weighted by Gasteiger charge is -2.29. The van der Waals surface area contributed by atoms with Gasteiger partial charge >= 0.3 is 0 Å². The number of guanidine groups is 1. The van der Waals surface area contributed by atoms with E-state index in [1.807, 2.05) is 6.20 Å². The van der Waals surface area contributed by atoms with Crippen LogP contribution in [0.25, 0.3) is 0 Å². The van der Waals surface area contributed by atoms with Crippen molar-refractivity contribution < 1.29 is 5.11 Å². The van der Waals surface area contributed by atoms with E-state index in [0.717, 1.165) is 56.3 Å². The molecule has 0 saturated heterocycles. The van der Waals surface area contributed by atoms with Gasteiger partial charge in [0.2, 0.25) is 0 Å². The number of aliphatic hydroxyl groups is 1. The molecule has 1 heterocycles. The van der Waals surface area contributed by atoms with Gasteiger partial charge in [-0.25, -0.2) is 4.98 Å². The topological polar surface area (TPSA) is 69.5 Å². The number of aromatic nitrogens is 1. The summed E-state index contributed by atoms with van der Waals surface area (Å²) >= 11 is 1.75. The molecule has 0 bridgehead atoms. The van der Waals surface area contributed by atoms with Crippen LogP contribution in [0.4, 0.5) is 0 Å². The fourth-order valence-electron chi connectivity index (χ4n) is 2.54. The Morgan fingerprint density at radius 3 is 2.50 bits per heavy atom. The summed E-state index contributed by atoms with van der Waals surface area (Å²) < 4.78 is 0. The molecule has 0 saturated carbocycles. The Morgan fingerprint density at radius 1 is 1.29 bits per heavy atom. The van der Waals surface area contributed by atoms with E-state index in [4.69, 9.17) is 4.99 Å². The second-order valence-electron chi connectivity index (χ2n) is 5.92. The third-order valence-electron chi connectivity index (χ3n) is 4.36. The van der Waals surface area contributed by atoms with Crippen LogP contribution < -0.4 is 10.6 Å². The molecule has 1 rings (SSSR count). The molecule has 0 aromatic carbocycles. The summed E-state index contributed by atoms with van der Waals surface area (Å²) in [4.78, 5) is 10.4. The van der Waals surface area contributed by atoms with Crippen LogP contribution in [-0.4, -0.2) is 42.3 Å². The molecule has 0 radical (unpaired) electrons. The first kappa shape index (κ1) is 23.6. The second kappa shape index (κ2) is 12.9. The molecule has 7 heteroatoms. The summed E-state index contributed by atoms with van der Waals surface area (Å²) in [5.74, 6) is 0.852. The summed E-state index contributed by atoms with van der Waals surface area (Å²) in [6.45, 7) is 11.1. The van der Waals surface area contributed by atoms with Gasteiger partial charge in [0.05, 0.1) is 5.01 Å². The van der Waals surface area contributed by atoms with Crippen LogP contribution in [-0.2, 0) is 6.42 Å². The Balaban J connectivity index is 0.00000529. The molecule has 1 aromatic rings. The fourth-order valence-corrected chi connectivity index (χ4v) is 3.32. The van der Waals surface area contributed by atoms with Crippen LogP contribution in [0.2, 0.25) is 0 Å². The average molecular weight is 468 g/mol. The highest BCUT2D eigenvalue weighted by atomic mass is 127. The Kier molecular flexibility index (Phi) is 12.7. The molecule has 0 fully saturated rings. The first-order chi connectivity index (χ1) is 11.1. The van der Waals surface area contributed by atoms with Gasteiger partial charge in [0.15, 0.2) is 5.96 Å². The number of aryl methyl sites for hydroxylation is 1. The normalized spacial score (nSPS) is 12.0. The van der Waals surface area contributed by atoms with Gasteiger partial charge in [-0.2, -0.15) is 0 Å². The van der Waals surface area contributed by atoms with Crippen molar-refractivity contribution in [3.8, 4) is 0 Å². The zero-order valence-corrected chi connectivity index (χ0v) is 18.5. The molecule has 0 spiro atoms. The first-order valence-electron chi connectivity index (χ1n) is 8.63. The number of nitrogens with one attached hydrogen (secondary N) is 2. The summed E-state index contributed by atoms with van der Waals surface area (Å²) in [7, 11) is 0. The highest BCUT2D eigenvalue weighted by Crippen LogP contribution is 2.30. The molecule has 1 aromatic heterocycles. The Hall–Kier alpha value is -0.410. The number of aliphatic hydroxyl groups excluding tert-OH is 1. The van der Waals surface area contributed by atoms with E-state index in [2.05, 4.69) is 43.3 Å². The quantitative estimate of drug-likeness (QED) is 0.280. The SMILES string of the molecule is CCNC(=NCC(CC)(CC)CCO)NCCc1ncc(C)s1.I. The zero-order valence-electron chi connectivity index (χ0n) is 15.4. The number of halogens is 1. The number of hydrogen-bond acceptors (Lipinski definition) is 4. The monoisotopic (exact) mass is 468 g/mol. The van der Waals surface area contributed by atoms with Crippen molar-refractivity contribution in [2.75, 3.05) is 26.2 Å². The lowest BCUT2D eigenvalue weighted by molar-refractivity contribution is 0.175. The summed E-state index contributed by atoms with van der Waals surface area (Å²) in [6.07, 6.45) is 5.70. The van der Waals surface area contributed by atoms with Gasteiger partial charge in [-0.3, -0.25) is 4.99 Å². The van der Waals surface area contributed by atoms with E-state index < -0.39 is 0 Å². The molecule has 0 aliphatic heterocycles. The van der Waals surface area contributed by atoms with E-state index in [0.29, 0.717) is 0 Å². The van der Waals surface area contributed by atoms with E-state index in [-0.39, 0.29) is 36.0 Å². The predicted octanol–water partition coefficient (Wildman–Crippen LogP) is 3.36. The maximum atomic E-state index is 9.32. The number of aliphatic imine (C=N–C) groups is 1. The maximum absolute atomic E-state index is 9.32. The minimum Gasteiger partial charge on any atom is -0.396 e. The van der Waals surface area contributed by atoms with Crippen molar-refractivity contribution in [2.24, 2.45) is 10.4 Å². The third-order valence-corrected chi connectivity index (χ3v) is 5.33. The molecule has 0 aliphatic rings. The van der Waals surface area contributed by atoms with E-state index in [1.54, 1.807) is 11.3 Å². The number of thiazole rings is 1. The van der Waals surface area contributed by atoms with Gasteiger partial charge in [-0.1, -0.05) is 13.8 Å². The number of hydrogen-bond donors (Lipinski definition) is 3. The minimum atomic E-state index is 0. The minimum absolute atomic E-state index is 0. The van der Waals surface area contributed by atoms with E-state index >= 15 is 0 Å². The van der Waals surface area contributed by atoms with Crippen molar-refractivity contribution in [3.05, 3.63) is 16.1 Å². The largest absolute Gasteiger partial charge is 0.396 e. The molecule has 0 unspecified atom stereocenters. The highest BCUT2D eigenvalue weighted by Gasteiger charge is 2.25. The smallest absolute Gasteiger partial charge is 0.191 e. The van der Waals surface area contributed by atoms with Crippen LogP contribution in [0.15, 0.2) is 11.2 Å². The molecular formula is C17H33IN4OS. The van der Waals surface area contributed by atoms with Gasteiger partial charge in [-0.15, -0.1) is 35.3 Å². The number of nitrogens with zero attached hydrogens (tertiary/aromatic N) is 2. The molecule has 24 heavy (non-hydrogen) atoms. The van der Waals surface area contributed by atoms with Gasteiger partial charge < -0.3 is 15.7 Å². The maximum Gasteiger partial charge on any atom is 0.191 e. The van der Waals surface area contributed by atoms with Crippen LogP contribution in [0.3, 0.4) is 0 Å². The predicted molar refractivity (Wildman–Crippen MR) is 115 cm³/mol. The third kappa shape index (κ3) is 8.11. The van der Waals surface area contributed by atoms with Crippen molar-refractivity contribution >= 4 is 41.3 Å². The molecule has 140 valence electrons. The summed E-state index contributed by atoms with van der Waals surface area (Å²) in [6, 6.07) is 0. The van der Waals surface area contributed by atoms with Crippen molar-refractivity contribution in [3.63, 3.8) is 0 Å². The Labute approximate surface area is 167 Å². The molecule has 3 N–H and O–H groups in total. The lowest BCUT2D eigenvalue weighted by atomic mass is 9.79. The van der Waals surface area contributed by atoms with Crippen molar-refractivity contribution in [1.82, 2.24) is 15.6 Å². The van der Waals surface area contributed by atoms with Gasteiger partial charge in [0.25, 0.3) is 0 Å². The molecule has 0 amide bonds. The second-order valence-corrected chi connectivity index (χ2v) is 7.24. The first-order valence-corrected chi connectivity index (χ1v) is 9.45. The van der Waals surface area contributed by atoms with Gasteiger partial charge in [-0.05, 0) is 38.5 Å². The number of rotatable bonds is 10. The fraction of sp³-hybridized carbons (Fsp3) is 0.765.